The highest BCUT2D eigenvalue weighted by Crippen LogP contribution is 2.37. The van der Waals surface area contributed by atoms with Gasteiger partial charge in [-0.05, 0) is 38.1 Å². The van der Waals surface area contributed by atoms with E-state index in [1.807, 2.05) is 0 Å². The number of carbonyl (C=O) groups is 1. The van der Waals surface area contributed by atoms with Gasteiger partial charge in [0, 0.05) is 0 Å². The zero-order valence-electron chi connectivity index (χ0n) is 8.72. The van der Waals surface area contributed by atoms with Crippen LogP contribution in [0.15, 0.2) is 0 Å². The van der Waals surface area contributed by atoms with Crippen LogP contribution in [0.4, 0.5) is 0 Å². The molecule has 0 bridgehead atoms. The van der Waals surface area contributed by atoms with Gasteiger partial charge in [-0.15, -0.1) is 0 Å². The molecule has 1 saturated heterocycles. The Balaban J connectivity index is 2.12. The van der Waals surface area contributed by atoms with Crippen LogP contribution in [0.3, 0.4) is 0 Å². The highest BCUT2D eigenvalue weighted by Gasteiger charge is 2.45. The Labute approximate surface area is 85.4 Å². The van der Waals surface area contributed by atoms with Crippen LogP contribution in [0.25, 0.3) is 0 Å². The van der Waals surface area contributed by atoms with Crippen LogP contribution in [-0.2, 0) is 4.79 Å². The molecule has 1 amide bonds. The Kier molecular flexibility index (Phi) is 2.77. The van der Waals surface area contributed by atoms with Crippen molar-refractivity contribution in [3.05, 3.63) is 0 Å². The molecule has 3 nitrogen and oxygen atoms in total. The molecule has 2 rings (SSSR count). The molecule has 1 atom stereocenters. The molecular formula is C11H20N2O. The maximum absolute atomic E-state index is 11.6. The van der Waals surface area contributed by atoms with E-state index in [1.165, 1.54) is 32.1 Å². The normalized spacial score (nSPS) is 34.6. The Morgan fingerprint density at radius 3 is 2.43 bits per heavy atom. The predicted molar refractivity (Wildman–Crippen MR) is 55.7 cm³/mol. The van der Waals surface area contributed by atoms with Gasteiger partial charge in [0.2, 0.25) is 5.91 Å². The Hall–Kier alpha value is -0.570. The van der Waals surface area contributed by atoms with Gasteiger partial charge in [0.25, 0.3) is 0 Å². The molecule has 14 heavy (non-hydrogen) atoms. The fourth-order valence-electron chi connectivity index (χ4n) is 3.12. The van der Waals surface area contributed by atoms with E-state index in [0.29, 0.717) is 5.92 Å². The summed E-state index contributed by atoms with van der Waals surface area (Å²) in [6.45, 7) is 0.958. The van der Waals surface area contributed by atoms with Crippen molar-refractivity contribution in [1.82, 2.24) is 5.32 Å². The van der Waals surface area contributed by atoms with Crippen LogP contribution in [0, 0.1) is 5.92 Å². The first-order chi connectivity index (χ1) is 6.76. The van der Waals surface area contributed by atoms with Crippen LogP contribution in [0.2, 0.25) is 0 Å². The lowest BCUT2D eigenvalue weighted by Crippen LogP contribution is -2.57. The number of primary amides is 1. The number of carbonyl (C=O) groups excluding carboxylic acids is 1. The Morgan fingerprint density at radius 2 is 1.93 bits per heavy atom. The fraction of sp³-hybridized carbons (Fsp3) is 0.909. The zero-order valence-corrected chi connectivity index (χ0v) is 8.72. The van der Waals surface area contributed by atoms with E-state index >= 15 is 0 Å². The van der Waals surface area contributed by atoms with Crippen LogP contribution >= 0.6 is 0 Å². The summed E-state index contributed by atoms with van der Waals surface area (Å²) in [6.07, 6.45) is 8.26. The third kappa shape index (κ3) is 1.54. The highest BCUT2D eigenvalue weighted by molar-refractivity contribution is 5.85. The maximum Gasteiger partial charge on any atom is 0.238 e. The molecular weight excluding hydrogens is 176 g/mol. The quantitative estimate of drug-likeness (QED) is 0.696. The molecule has 0 aromatic heterocycles. The van der Waals surface area contributed by atoms with Gasteiger partial charge < -0.3 is 11.1 Å². The summed E-state index contributed by atoms with van der Waals surface area (Å²) in [5.74, 6) is 0.373. The molecule has 0 aromatic carbocycles. The first-order valence-electron chi connectivity index (χ1n) is 5.81. The Bertz CT molecular complexity index is 215. The average molecular weight is 196 g/mol. The van der Waals surface area contributed by atoms with Crippen LogP contribution in [0.5, 0.6) is 0 Å². The van der Waals surface area contributed by atoms with Crippen LogP contribution in [0.1, 0.15) is 44.9 Å². The van der Waals surface area contributed by atoms with Gasteiger partial charge in [0.15, 0.2) is 0 Å². The van der Waals surface area contributed by atoms with E-state index in [-0.39, 0.29) is 11.4 Å². The smallest absolute Gasteiger partial charge is 0.238 e. The predicted octanol–water partition coefficient (Wildman–Crippen LogP) is 1.17. The van der Waals surface area contributed by atoms with Crippen molar-refractivity contribution in [3.63, 3.8) is 0 Å². The second kappa shape index (κ2) is 3.89. The number of nitrogens with one attached hydrogen (secondary N) is 1. The topological polar surface area (TPSA) is 55.1 Å². The van der Waals surface area contributed by atoms with Crippen LogP contribution < -0.4 is 11.1 Å². The molecule has 3 heteroatoms. The van der Waals surface area contributed by atoms with Gasteiger partial charge in [0.05, 0.1) is 0 Å². The molecule has 1 aliphatic carbocycles. The minimum Gasteiger partial charge on any atom is -0.368 e. The lowest BCUT2D eigenvalue weighted by atomic mass is 9.73. The third-order valence-electron chi connectivity index (χ3n) is 3.93. The monoisotopic (exact) mass is 196 g/mol. The number of hydrogen-bond donors (Lipinski definition) is 2. The molecule has 2 aliphatic rings. The molecule has 1 heterocycles. The van der Waals surface area contributed by atoms with Gasteiger partial charge >= 0.3 is 0 Å². The minimum absolute atomic E-state index is 0.123. The molecule has 0 spiro atoms. The second-order valence-electron chi connectivity index (χ2n) is 4.70. The van der Waals surface area contributed by atoms with Gasteiger partial charge in [-0.25, -0.2) is 0 Å². The van der Waals surface area contributed by atoms with E-state index in [9.17, 15) is 4.79 Å². The van der Waals surface area contributed by atoms with Crippen molar-refractivity contribution >= 4 is 5.91 Å². The molecule has 3 N–H and O–H groups in total. The summed E-state index contributed by atoms with van der Waals surface area (Å²) < 4.78 is 0. The summed E-state index contributed by atoms with van der Waals surface area (Å²) in [6, 6.07) is 0. The molecule has 1 aliphatic heterocycles. The van der Waals surface area contributed by atoms with Gasteiger partial charge in [-0.2, -0.15) is 0 Å². The molecule has 2 fully saturated rings. The van der Waals surface area contributed by atoms with E-state index in [2.05, 4.69) is 5.32 Å². The average Bonchev–Trinajstić information content (AvgIpc) is 2.69. The highest BCUT2D eigenvalue weighted by atomic mass is 16.1. The summed E-state index contributed by atoms with van der Waals surface area (Å²) in [4.78, 5) is 11.6. The zero-order chi connectivity index (χ0) is 10.0. The molecule has 1 unspecified atom stereocenters. The molecule has 80 valence electrons. The largest absolute Gasteiger partial charge is 0.368 e. The standard InChI is InChI=1S/C11H20N2O/c12-10(14)11(7-4-8-13-11)9-5-2-1-3-6-9/h9,13H,1-8H2,(H2,12,14). The summed E-state index contributed by atoms with van der Waals surface area (Å²) in [5.41, 5.74) is 5.22. The summed E-state index contributed by atoms with van der Waals surface area (Å²) in [7, 11) is 0. The summed E-state index contributed by atoms with van der Waals surface area (Å²) >= 11 is 0. The number of amides is 1. The Morgan fingerprint density at radius 1 is 1.21 bits per heavy atom. The van der Waals surface area contributed by atoms with Crippen molar-refractivity contribution in [2.45, 2.75) is 50.5 Å². The van der Waals surface area contributed by atoms with Crippen molar-refractivity contribution in [3.8, 4) is 0 Å². The van der Waals surface area contributed by atoms with Crippen molar-refractivity contribution in [2.24, 2.45) is 11.7 Å². The van der Waals surface area contributed by atoms with Gasteiger partial charge in [-0.3, -0.25) is 4.79 Å². The van der Waals surface area contributed by atoms with E-state index in [4.69, 9.17) is 5.73 Å². The summed E-state index contributed by atoms with van der Waals surface area (Å²) in [5, 5.41) is 3.36. The fourth-order valence-corrected chi connectivity index (χ4v) is 3.12. The van der Waals surface area contributed by atoms with Crippen molar-refractivity contribution < 1.29 is 4.79 Å². The minimum atomic E-state index is -0.347. The number of nitrogens with two attached hydrogens (primary N) is 1. The third-order valence-corrected chi connectivity index (χ3v) is 3.93. The van der Waals surface area contributed by atoms with Crippen molar-refractivity contribution in [1.29, 1.82) is 0 Å². The van der Waals surface area contributed by atoms with E-state index < -0.39 is 0 Å². The number of rotatable bonds is 2. The maximum atomic E-state index is 11.6. The lowest BCUT2D eigenvalue weighted by Gasteiger charge is -2.37. The molecule has 1 saturated carbocycles. The first-order valence-corrected chi connectivity index (χ1v) is 5.81. The molecule has 0 radical (unpaired) electrons. The van der Waals surface area contributed by atoms with Crippen molar-refractivity contribution in [2.75, 3.05) is 6.54 Å². The number of hydrogen-bond acceptors (Lipinski definition) is 2. The van der Waals surface area contributed by atoms with Gasteiger partial charge in [0.1, 0.15) is 5.54 Å². The SMILES string of the molecule is NC(=O)C1(C2CCCCC2)CCCN1. The molecule has 0 aromatic rings. The van der Waals surface area contributed by atoms with E-state index in [0.717, 1.165) is 19.4 Å². The first kappa shape index (κ1) is 9.97. The van der Waals surface area contributed by atoms with Gasteiger partial charge in [-0.1, -0.05) is 19.3 Å². The lowest BCUT2D eigenvalue weighted by molar-refractivity contribution is -0.126. The second-order valence-corrected chi connectivity index (χ2v) is 4.70. The van der Waals surface area contributed by atoms with E-state index in [1.54, 1.807) is 0 Å². The van der Waals surface area contributed by atoms with Crippen LogP contribution in [-0.4, -0.2) is 18.0 Å².